The van der Waals surface area contributed by atoms with Crippen molar-refractivity contribution in [2.45, 2.75) is 39.8 Å². The monoisotopic (exact) mass is 662 g/mol. The SMILES string of the molecule is [C-]#[N+]c1c(-c2ccc(OC)cc2)nc2c(c(C)nn2Cc2ccc(OC)cc2)c1-c1ccc(N2CCN(C(=O)OC(C)(C)C)CC2)cc1F. The van der Waals surface area contributed by atoms with Crippen LogP contribution in [0.5, 0.6) is 11.5 Å². The molecule has 1 fully saturated rings. The molecule has 11 heteroatoms. The van der Waals surface area contributed by atoms with E-state index in [-0.39, 0.29) is 17.3 Å². The highest BCUT2D eigenvalue weighted by atomic mass is 19.1. The average Bonchev–Trinajstić information content (AvgIpc) is 3.41. The Morgan fingerprint density at radius 2 is 1.57 bits per heavy atom. The Morgan fingerprint density at radius 1 is 0.939 bits per heavy atom. The van der Waals surface area contributed by atoms with Gasteiger partial charge in [0.2, 0.25) is 5.69 Å². The predicted octanol–water partition coefficient (Wildman–Crippen LogP) is 7.89. The van der Waals surface area contributed by atoms with E-state index < -0.39 is 11.4 Å². The van der Waals surface area contributed by atoms with Crippen LogP contribution in [0.4, 0.5) is 20.6 Å². The van der Waals surface area contributed by atoms with Gasteiger partial charge in [-0.1, -0.05) is 30.3 Å². The maximum Gasteiger partial charge on any atom is 0.410 e. The minimum Gasteiger partial charge on any atom is -0.497 e. The number of methoxy groups -OCH3 is 2. The summed E-state index contributed by atoms with van der Waals surface area (Å²) in [7, 11) is 3.22. The third kappa shape index (κ3) is 6.85. The first-order valence-electron chi connectivity index (χ1n) is 16.1. The first kappa shape index (κ1) is 33.3. The van der Waals surface area contributed by atoms with E-state index in [1.165, 1.54) is 6.07 Å². The molecule has 10 nitrogen and oxygen atoms in total. The number of fused-ring (bicyclic) bond motifs is 1. The molecule has 2 aromatic heterocycles. The van der Waals surface area contributed by atoms with Crippen LogP contribution in [0.1, 0.15) is 32.0 Å². The molecule has 3 heterocycles. The van der Waals surface area contributed by atoms with E-state index in [2.05, 4.69) is 4.85 Å². The van der Waals surface area contributed by atoms with Crippen LogP contribution in [-0.4, -0.2) is 71.8 Å². The quantitative estimate of drug-likeness (QED) is 0.164. The van der Waals surface area contributed by atoms with Crippen LogP contribution in [0.2, 0.25) is 0 Å². The number of carbonyl (C=O) groups is 1. The topological polar surface area (TPSA) is 86.3 Å². The molecule has 6 rings (SSSR count). The fourth-order valence-corrected chi connectivity index (χ4v) is 6.08. The second-order valence-corrected chi connectivity index (χ2v) is 12.9. The summed E-state index contributed by atoms with van der Waals surface area (Å²) in [6.07, 6.45) is -0.349. The average molecular weight is 663 g/mol. The van der Waals surface area contributed by atoms with Crippen LogP contribution in [0.15, 0.2) is 66.7 Å². The number of benzene rings is 3. The Morgan fingerprint density at radius 3 is 2.14 bits per heavy atom. The van der Waals surface area contributed by atoms with Gasteiger partial charge in [-0.3, -0.25) is 0 Å². The molecule has 0 aliphatic carbocycles. The molecule has 1 amide bonds. The van der Waals surface area contributed by atoms with Crippen LogP contribution in [0.25, 0.3) is 38.3 Å². The molecule has 0 spiro atoms. The maximum absolute atomic E-state index is 16.4. The summed E-state index contributed by atoms with van der Waals surface area (Å²) in [6, 6.07) is 20.1. The lowest BCUT2D eigenvalue weighted by atomic mass is 9.95. The number of amides is 1. The minimum atomic E-state index is -0.576. The second kappa shape index (κ2) is 13.5. The summed E-state index contributed by atoms with van der Waals surface area (Å²) in [4.78, 5) is 25.3. The number of hydrogen-bond donors (Lipinski definition) is 0. The summed E-state index contributed by atoms with van der Waals surface area (Å²) in [5.41, 5.74) is 4.39. The van der Waals surface area contributed by atoms with Gasteiger partial charge in [0, 0.05) is 48.4 Å². The van der Waals surface area contributed by atoms with E-state index in [0.717, 1.165) is 11.3 Å². The van der Waals surface area contributed by atoms with Crippen LogP contribution in [0, 0.1) is 19.3 Å². The molecular weight excluding hydrogens is 623 g/mol. The number of aryl methyl sites for hydroxylation is 1. The Labute approximate surface area is 285 Å². The largest absolute Gasteiger partial charge is 0.497 e. The van der Waals surface area contributed by atoms with E-state index >= 15 is 4.39 Å². The number of piperazine rings is 1. The van der Waals surface area contributed by atoms with E-state index in [4.69, 9.17) is 30.9 Å². The van der Waals surface area contributed by atoms with Crippen molar-refractivity contribution in [2.75, 3.05) is 45.3 Å². The Bertz CT molecular complexity index is 2040. The van der Waals surface area contributed by atoms with Gasteiger partial charge in [-0.25, -0.2) is 23.7 Å². The maximum atomic E-state index is 16.4. The van der Waals surface area contributed by atoms with Crippen molar-refractivity contribution in [2.24, 2.45) is 0 Å². The number of hydrogen-bond acceptors (Lipinski definition) is 7. The van der Waals surface area contributed by atoms with Crippen molar-refractivity contribution in [1.29, 1.82) is 0 Å². The number of carbonyl (C=O) groups excluding carboxylic acids is 1. The van der Waals surface area contributed by atoms with E-state index in [1.54, 1.807) is 29.9 Å². The molecule has 5 aromatic rings. The molecule has 0 atom stereocenters. The van der Waals surface area contributed by atoms with E-state index in [0.29, 0.717) is 77.7 Å². The lowest BCUT2D eigenvalue weighted by molar-refractivity contribution is 0.0240. The fourth-order valence-electron chi connectivity index (χ4n) is 6.08. The number of aromatic nitrogens is 3. The standard InChI is InChI=1S/C38H39FN6O4/c1-24-32-33(30-17-12-27(22-31(30)39)43-18-20-44(21-19-43)37(46)49-38(2,3)4)35(40-5)34(26-10-15-29(48-7)16-11-26)41-36(32)45(42-24)23-25-8-13-28(47-6)14-9-25/h8-17,22H,18-21,23H2,1-4,6-7H3. The summed E-state index contributed by atoms with van der Waals surface area (Å²) in [5.74, 6) is 0.953. The predicted molar refractivity (Wildman–Crippen MR) is 188 cm³/mol. The van der Waals surface area contributed by atoms with Gasteiger partial charge in [0.15, 0.2) is 5.65 Å². The van der Waals surface area contributed by atoms with Gasteiger partial charge in [-0.2, -0.15) is 5.10 Å². The molecule has 0 radical (unpaired) electrons. The molecule has 49 heavy (non-hydrogen) atoms. The van der Waals surface area contributed by atoms with Crippen LogP contribution < -0.4 is 14.4 Å². The van der Waals surface area contributed by atoms with Gasteiger partial charge < -0.3 is 24.0 Å². The fraction of sp³-hybridized carbons (Fsp3) is 0.316. The summed E-state index contributed by atoms with van der Waals surface area (Å²) in [5, 5.41) is 5.46. The van der Waals surface area contributed by atoms with E-state index in [1.807, 2.05) is 87.2 Å². The molecule has 0 unspecified atom stereocenters. The van der Waals surface area contributed by atoms with Gasteiger partial charge in [0.25, 0.3) is 0 Å². The zero-order valence-corrected chi connectivity index (χ0v) is 28.6. The van der Waals surface area contributed by atoms with Crippen molar-refractivity contribution < 1.29 is 23.4 Å². The van der Waals surface area contributed by atoms with Crippen molar-refractivity contribution >= 4 is 28.5 Å². The number of ether oxygens (including phenoxy) is 3. The zero-order valence-electron chi connectivity index (χ0n) is 28.6. The highest BCUT2D eigenvalue weighted by molar-refractivity contribution is 6.06. The first-order valence-corrected chi connectivity index (χ1v) is 16.1. The highest BCUT2D eigenvalue weighted by Gasteiger charge is 2.28. The summed E-state index contributed by atoms with van der Waals surface area (Å²) in [6.45, 7) is 18.1. The van der Waals surface area contributed by atoms with Gasteiger partial charge in [-0.15, -0.1) is 0 Å². The molecule has 1 aliphatic heterocycles. The summed E-state index contributed by atoms with van der Waals surface area (Å²) >= 11 is 0. The number of rotatable bonds is 7. The van der Waals surface area contributed by atoms with Crippen molar-refractivity contribution in [3.8, 4) is 33.9 Å². The molecule has 252 valence electrons. The van der Waals surface area contributed by atoms with Crippen molar-refractivity contribution in [3.05, 3.63) is 95.2 Å². The van der Waals surface area contributed by atoms with Crippen molar-refractivity contribution in [3.63, 3.8) is 0 Å². The van der Waals surface area contributed by atoms with Gasteiger partial charge >= 0.3 is 6.09 Å². The number of nitrogens with zero attached hydrogens (tertiary/aromatic N) is 6. The Kier molecular flexibility index (Phi) is 9.15. The zero-order chi connectivity index (χ0) is 34.9. The third-order valence-corrected chi connectivity index (χ3v) is 8.51. The second-order valence-electron chi connectivity index (χ2n) is 12.9. The third-order valence-electron chi connectivity index (χ3n) is 8.51. The minimum absolute atomic E-state index is 0.238. The number of anilines is 1. The van der Waals surface area contributed by atoms with Gasteiger partial charge in [0.05, 0.1) is 38.7 Å². The van der Waals surface area contributed by atoms with Crippen LogP contribution >= 0.6 is 0 Å². The Balaban J connectivity index is 1.42. The molecule has 0 bridgehead atoms. The number of pyridine rings is 1. The van der Waals surface area contributed by atoms with Crippen molar-refractivity contribution in [1.82, 2.24) is 19.7 Å². The molecule has 0 saturated carbocycles. The molecule has 0 N–H and O–H groups in total. The van der Waals surface area contributed by atoms with E-state index in [9.17, 15) is 4.79 Å². The van der Waals surface area contributed by atoms with Gasteiger partial charge in [0.1, 0.15) is 22.9 Å². The molecule has 3 aromatic carbocycles. The molecule has 1 saturated heterocycles. The lowest BCUT2D eigenvalue weighted by Crippen LogP contribution is -2.50. The number of halogens is 1. The lowest BCUT2D eigenvalue weighted by Gasteiger charge is -2.36. The Hall–Kier alpha value is -5.63. The highest BCUT2D eigenvalue weighted by Crippen LogP contribution is 2.45. The van der Waals surface area contributed by atoms with Crippen LogP contribution in [-0.2, 0) is 11.3 Å². The van der Waals surface area contributed by atoms with Crippen LogP contribution in [0.3, 0.4) is 0 Å². The first-order chi connectivity index (χ1) is 23.5. The normalized spacial score (nSPS) is 13.3. The smallest absolute Gasteiger partial charge is 0.410 e. The molecule has 1 aliphatic rings. The summed E-state index contributed by atoms with van der Waals surface area (Å²) < 4.78 is 34.4. The molecular formula is C38H39FN6O4. The van der Waals surface area contributed by atoms with Gasteiger partial charge in [-0.05, 0) is 75.2 Å².